The highest BCUT2D eigenvalue weighted by atomic mass is 35.5. The molecule has 0 saturated carbocycles. The van der Waals surface area contributed by atoms with Crippen LogP contribution in [0, 0.1) is 5.82 Å². The van der Waals surface area contributed by atoms with Crippen molar-refractivity contribution in [2.75, 3.05) is 6.54 Å². The normalized spacial score (nSPS) is 12.0. The molecule has 0 aromatic heterocycles. The third-order valence-corrected chi connectivity index (χ3v) is 3.58. The summed E-state index contributed by atoms with van der Waals surface area (Å²) in [5.41, 5.74) is 1.19. The van der Waals surface area contributed by atoms with Crippen LogP contribution in [-0.2, 0) is 11.2 Å². The van der Waals surface area contributed by atoms with Gasteiger partial charge in [-0.15, -0.1) is 0 Å². The number of amides is 1. The highest BCUT2D eigenvalue weighted by Gasteiger charge is 2.10. The Morgan fingerprint density at radius 2 is 1.86 bits per heavy atom. The van der Waals surface area contributed by atoms with E-state index in [1.807, 2.05) is 0 Å². The number of hydrogen-bond donors (Lipinski definition) is 2. The van der Waals surface area contributed by atoms with E-state index in [0.717, 1.165) is 0 Å². The number of benzene rings is 2. The summed E-state index contributed by atoms with van der Waals surface area (Å²) in [6.45, 7) is 0.109. The molecule has 0 aliphatic rings. The summed E-state index contributed by atoms with van der Waals surface area (Å²) in [6, 6.07) is 13.2. The summed E-state index contributed by atoms with van der Waals surface area (Å²) in [5, 5.41) is 13.2. The van der Waals surface area contributed by atoms with Crippen LogP contribution in [0.2, 0.25) is 5.02 Å². The molecule has 0 radical (unpaired) electrons. The molecule has 1 unspecified atom stereocenters. The van der Waals surface area contributed by atoms with Gasteiger partial charge in [-0.2, -0.15) is 0 Å². The number of aryl methyl sites for hydroxylation is 1. The Morgan fingerprint density at radius 1 is 1.18 bits per heavy atom. The number of halogens is 2. The third-order valence-electron chi connectivity index (χ3n) is 3.33. The second-order valence-corrected chi connectivity index (χ2v) is 5.40. The Kier molecular flexibility index (Phi) is 5.92. The number of carbonyl (C=O) groups excluding carboxylic acids is 1. The summed E-state index contributed by atoms with van der Waals surface area (Å²) in [7, 11) is 0. The minimum atomic E-state index is -0.797. The number of aliphatic hydroxyl groups excluding tert-OH is 1. The van der Waals surface area contributed by atoms with Crippen LogP contribution >= 0.6 is 11.6 Å². The van der Waals surface area contributed by atoms with Gasteiger partial charge in [0.15, 0.2) is 0 Å². The SMILES string of the molecule is O=C(CCc1ccccc1F)NCC(O)c1ccc(Cl)cc1. The molecular formula is C17H17ClFNO2. The average molecular weight is 322 g/mol. The lowest BCUT2D eigenvalue weighted by Crippen LogP contribution is -2.28. The van der Waals surface area contributed by atoms with Gasteiger partial charge in [0.25, 0.3) is 0 Å². The standard InChI is InChI=1S/C17H17ClFNO2/c18-14-8-5-13(6-9-14)16(21)11-20-17(22)10-7-12-3-1-2-4-15(12)19/h1-6,8-9,16,21H,7,10-11H2,(H,20,22). The van der Waals surface area contributed by atoms with E-state index in [0.29, 0.717) is 22.6 Å². The van der Waals surface area contributed by atoms with Crippen molar-refractivity contribution >= 4 is 17.5 Å². The second-order valence-electron chi connectivity index (χ2n) is 4.96. The van der Waals surface area contributed by atoms with Crippen molar-refractivity contribution in [2.24, 2.45) is 0 Å². The number of nitrogens with one attached hydrogen (secondary N) is 1. The molecule has 5 heteroatoms. The Hall–Kier alpha value is -1.91. The molecule has 2 N–H and O–H groups in total. The number of aliphatic hydroxyl groups is 1. The number of rotatable bonds is 6. The van der Waals surface area contributed by atoms with Crippen LogP contribution in [0.3, 0.4) is 0 Å². The van der Waals surface area contributed by atoms with Crippen LogP contribution < -0.4 is 5.32 Å². The summed E-state index contributed by atoms with van der Waals surface area (Å²) >= 11 is 5.77. The zero-order valence-corrected chi connectivity index (χ0v) is 12.7. The van der Waals surface area contributed by atoms with Crippen molar-refractivity contribution in [3.05, 3.63) is 70.5 Å². The van der Waals surface area contributed by atoms with Crippen molar-refractivity contribution in [3.8, 4) is 0 Å². The Balaban J connectivity index is 1.78. The molecule has 2 rings (SSSR count). The number of carbonyl (C=O) groups is 1. The largest absolute Gasteiger partial charge is 0.387 e. The lowest BCUT2D eigenvalue weighted by atomic mass is 10.1. The molecule has 3 nitrogen and oxygen atoms in total. The molecule has 0 fully saturated rings. The first-order valence-corrected chi connectivity index (χ1v) is 7.37. The van der Waals surface area contributed by atoms with Gasteiger partial charge in [0, 0.05) is 18.0 Å². The lowest BCUT2D eigenvalue weighted by Gasteiger charge is -2.12. The first-order chi connectivity index (χ1) is 10.6. The van der Waals surface area contributed by atoms with Crippen LogP contribution in [0.5, 0.6) is 0 Å². The van der Waals surface area contributed by atoms with Gasteiger partial charge in [-0.1, -0.05) is 41.9 Å². The minimum Gasteiger partial charge on any atom is -0.387 e. The zero-order valence-electron chi connectivity index (χ0n) is 11.9. The molecule has 2 aromatic rings. The van der Waals surface area contributed by atoms with E-state index in [1.165, 1.54) is 6.07 Å². The van der Waals surface area contributed by atoms with Crippen LogP contribution in [0.1, 0.15) is 23.7 Å². The van der Waals surface area contributed by atoms with Crippen LogP contribution in [0.15, 0.2) is 48.5 Å². The van der Waals surface area contributed by atoms with Gasteiger partial charge in [-0.3, -0.25) is 4.79 Å². The molecule has 0 saturated heterocycles. The lowest BCUT2D eigenvalue weighted by molar-refractivity contribution is -0.121. The Morgan fingerprint density at radius 3 is 2.55 bits per heavy atom. The van der Waals surface area contributed by atoms with E-state index < -0.39 is 6.10 Å². The van der Waals surface area contributed by atoms with Gasteiger partial charge < -0.3 is 10.4 Å². The fourth-order valence-electron chi connectivity index (χ4n) is 2.05. The molecule has 0 aliphatic carbocycles. The average Bonchev–Trinajstić information content (AvgIpc) is 2.52. The molecule has 116 valence electrons. The summed E-state index contributed by atoms with van der Waals surface area (Å²) in [5.74, 6) is -0.534. The summed E-state index contributed by atoms with van der Waals surface area (Å²) < 4.78 is 13.4. The molecule has 22 heavy (non-hydrogen) atoms. The first-order valence-electron chi connectivity index (χ1n) is 7.00. The Bertz CT molecular complexity index is 631. The van der Waals surface area contributed by atoms with E-state index >= 15 is 0 Å². The van der Waals surface area contributed by atoms with Gasteiger partial charge in [0.1, 0.15) is 5.82 Å². The van der Waals surface area contributed by atoms with E-state index in [1.54, 1.807) is 42.5 Å². The van der Waals surface area contributed by atoms with Gasteiger partial charge in [-0.05, 0) is 35.7 Å². The van der Waals surface area contributed by atoms with E-state index in [4.69, 9.17) is 11.6 Å². The maximum Gasteiger partial charge on any atom is 0.220 e. The summed E-state index contributed by atoms with van der Waals surface area (Å²) in [6.07, 6.45) is -0.293. The van der Waals surface area contributed by atoms with E-state index in [9.17, 15) is 14.3 Å². The molecule has 2 aromatic carbocycles. The monoisotopic (exact) mass is 321 g/mol. The third kappa shape index (κ3) is 4.83. The fraction of sp³-hybridized carbons (Fsp3) is 0.235. The van der Waals surface area contributed by atoms with E-state index in [-0.39, 0.29) is 24.7 Å². The van der Waals surface area contributed by atoms with Gasteiger partial charge in [-0.25, -0.2) is 4.39 Å². The first kappa shape index (κ1) is 16.5. The van der Waals surface area contributed by atoms with Crippen LogP contribution in [-0.4, -0.2) is 17.6 Å². The molecule has 0 spiro atoms. The van der Waals surface area contributed by atoms with Crippen molar-refractivity contribution in [1.29, 1.82) is 0 Å². The quantitative estimate of drug-likeness (QED) is 0.858. The van der Waals surface area contributed by atoms with Gasteiger partial charge in [0.2, 0.25) is 5.91 Å². The van der Waals surface area contributed by atoms with Gasteiger partial charge >= 0.3 is 0 Å². The zero-order chi connectivity index (χ0) is 15.9. The fourth-order valence-corrected chi connectivity index (χ4v) is 2.18. The Labute approximate surface area is 133 Å². The van der Waals surface area contributed by atoms with E-state index in [2.05, 4.69) is 5.32 Å². The highest BCUT2D eigenvalue weighted by molar-refractivity contribution is 6.30. The molecule has 0 heterocycles. The topological polar surface area (TPSA) is 49.3 Å². The minimum absolute atomic E-state index is 0.109. The molecule has 0 aliphatic heterocycles. The van der Waals surface area contributed by atoms with Crippen LogP contribution in [0.25, 0.3) is 0 Å². The maximum atomic E-state index is 13.4. The van der Waals surface area contributed by atoms with Crippen molar-refractivity contribution in [1.82, 2.24) is 5.32 Å². The molecule has 0 bridgehead atoms. The molecule has 1 amide bonds. The molecule has 1 atom stereocenters. The van der Waals surface area contributed by atoms with Crippen LogP contribution in [0.4, 0.5) is 4.39 Å². The maximum absolute atomic E-state index is 13.4. The second kappa shape index (κ2) is 7.92. The smallest absolute Gasteiger partial charge is 0.220 e. The molecular weight excluding hydrogens is 305 g/mol. The van der Waals surface area contributed by atoms with Crippen molar-refractivity contribution in [3.63, 3.8) is 0 Å². The predicted octanol–water partition coefficient (Wildman–Crippen LogP) is 3.26. The van der Waals surface area contributed by atoms with Gasteiger partial charge in [0.05, 0.1) is 6.10 Å². The van der Waals surface area contributed by atoms with Crippen molar-refractivity contribution < 1.29 is 14.3 Å². The predicted molar refractivity (Wildman–Crippen MR) is 84.1 cm³/mol. The summed E-state index contributed by atoms with van der Waals surface area (Å²) in [4.78, 5) is 11.8. The highest BCUT2D eigenvalue weighted by Crippen LogP contribution is 2.16. The van der Waals surface area contributed by atoms with Crippen molar-refractivity contribution in [2.45, 2.75) is 18.9 Å². The number of hydrogen-bond acceptors (Lipinski definition) is 2.